The van der Waals surface area contributed by atoms with E-state index in [1.807, 2.05) is 0 Å². The van der Waals surface area contributed by atoms with Gasteiger partial charge in [0, 0.05) is 18.2 Å². The van der Waals surface area contributed by atoms with Crippen molar-refractivity contribution in [2.45, 2.75) is 11.8 Å². The fourth-order valence-electron chi connectivity index (χ4n) is 2.28. The van der Waals surface area contributed by atoms with Crippen LogP contribution >= 0.6 is 0 Å². The van der Waals surface area contributed by atoms with Gasteiger partial charge in [0.2, 0.25) is 0 Å². The molecule has 0 unspecified atom stereocenters. The second kappa shape index (κ2) is 7.48. The van der Waals surface area contributed by atoms with E-state index in [1.54, 1.807) is 13.0 Å². The summed E-state index contributed by atoms with van der Waals surface area (Å²) in [4.78, 5) is 9.94. The topological polar surface area (TPSA) is 117 Å². The molecule has 0 heterocycles. The molecule has 26 heavy (non-hydrogen) atoms. The van der Waals surface area contributed by atoms with Gasteiger partial charge in [-0.2, -0.15) is 0 Å². The highest BCUT2D eigenvalue weighted by Gasteiger charge is 2.24. The summed E-state index contributed by atoms with van der Waals surface area (Å²) in [6.07, 6.45) is 0. The number of benzene rings is 2. The first-order valence-corrected chi connectivity index (χ1v) is 8.79. The largest absolute Gasteiger partial charge is 0.495 e. The molecule has 0 radical (unpaired) electrons. The molecule has 2 aromatic rings. The minimum Gasteiger partial charge on any atom is -0.495 e. The zero-order valence-corrected chi connectivity index (χ0v) is 15.4. The molecule has 0 aliphatic rings. The summed E-state index contributed by atoms with van der Waals surface area (Å²) in [5.74, 6) is 0.768. The van der Waals surface area contributed by atoms with E-state index in [1.165, 1.54) is 39.5 Å². The lowest BCUT2D eigenvalue weighted by Crippen LogP contribution is -2.15. The first kappa shape index (κ1) is 19.3. The fraction of sp³-hybridized carbons (Fsp3) is 0.250. The first-order chi connectivity index (χ1) is 12.2. The maximum atomic E-state index is 12.8. The second-order valence-electron chi connectivity index (χ2n) is 5.22. The molecule has 0 spiro atoms. The summed E-state index contributed by atoms with van der Waals surface area (Å²) >= 11 is 0. The number of non-ortho nitro benzene ring substituents is 1. The van der Waals surface area contributed by atoms with Gasteiger partial charge in [-0.05, 0) is 24.6 Å². The third-order valence-corrected chi connectivity index (χ3v) is 5.01. The van der Waals surface area contributed by atoms with Gasteiger partial charge in [-0.3, -0.25) is 14.8 Å². The van der Waals surface area contributed by atoms with Crippen LogP contribution in [0.5, 0.6) is 17.2 Å². The highest BCUT2D eigenvalue weighted by Crippen LogP contribution is 2.35. The quantitative estimate of drug-likeness (QED) is 0.578. The Hall–Kier alpha value is -3.01. The standard InChI is InChI=1S/C16H18N2O7S/c1-10-7-14(24-3)15(25-4)9-12(10)17-26(21,22)16-8-11(18(19)20)5-6-13(16)23-2/h5-9,17H,1-4H3. The maximum absolute atomic E-state index is 12.8. The summed E-state index contributed by atoms with van der Waals surface area (Å²) in [7, 11) is 0.0176. The van der Waals surface area contributed by atoms with Crippen LogP contribution in [-0.4, -0.2) is 34.7 Å². The molecule has 0 fully saturated rings. The SMILES string of the molecule is COc1cc(C)c(NS(=O)(=O)c2cc([N+](=O)[O-])ccc2OC)cc1OC. The smallest absolute Gasteiger partial charge is 0.271 e. The average Bonchev–Trinajstić information content (AvgIpc) is 2.62. The number of ether oxygens (including phenoxy) is 3. The Bertz CT molecular complexity index is 942. The van der Waals surface area contributed by atoms with Crippen LogP contribution in [-0.2, 0) is 10.0 Å². The van der Waals surface area contributed by atoms with Gasteiger partial charge in [0.05, 0.1) is 31.9 Å². The monoisotopic (exact) mass is 382 g/mol. The van der Waals surface area contributed by atoms with Gasteiger partial charge < -0.3 is 14.2 Å². The molecule has 0 saturated carbocycles. The summed E-state index contributed by atoms with van der Waals surface area (Å²) in [6.45, 7) is 1.69. The van der Waals surface area contributed by atoms with Crippen molar-refractivity contribution in [1.29, 1.82) is 0 Å². The molecular weight excluding hydrogens is 364 g/mol. The number of rotatable bonds is 7. The highest BCUT2D eigenvalue weighted by atomic mass is 32.2. The van der Waals surface area contributed by atoms with Crippen LogP contribution in [0.4, 0.5) is 11.4 Å². The van der Waals surface area contributed by atoms with E-state index in [2.05, 4.69) is 4.72 Å². The predicted octanol–water partition coefficient (Wildman–Crippen LogP) is 2.73. The first-order valence-electron chi connectivity index (χ1n) is 7.31. The van der Waals surface area contributed by atoms with Crippen LogP contribution in [0, 0.1) is 17.0 Å². The number of hydrogen-bond acceptors (Lipinski definition) is 7. The predicted molar refractivity (Wildman–Crippen MR) is 94.7 cm³/mol. The van der Waals surface area contributed by atoms with Crippen LogP contribution < -0.4 is 18.9 Å². The Morgan fingerprint density at radius 2 is 1.54 bits per heavy atom. The number of nitrogens with zero attached hydrogens (tertiary/aromatic N) is 1. The van der Waals surface area contributed by atoms with E-state index in [9.17, 15) is 18.5 Å². The van der Waals surface area contributed by atoms with E-state index in [4.69, 9.17) is 14.2 Å². The Balaban J connectivity index is 2.53. The zero-order valence-electron chi connectivity index (χ0n) is 14.6. The van der Waals surface area contributed by atoms with E-state index >= 15 is 0 Å². The number of aryl methyl sites for hydroxylation is 1. The van der Waals surface area contributed by atoms with Crippen LogP contribution in [0.2, 0.25) is 0 Å². The number of anilines is 1. The van der Waals surface area contributed by atoms with Gasteiger partial charge in [0.15, 0.2) is 11.5 Å². The molecule has 2 aromatic carbocycles. The van der Waals surface area contributed by atoms with Crippen LogP contribution in [0.1, 0.15) is 5.56 Å². The molecule has 9 nitrogen and oxygen atoms in total. The minimum atomic E-state index is -4.15. The van der Waals surface area contributed by atoms with Crippen molar-refractivity contribution in [2.24, 2.45) is 0 Å². The zero-order chi connectivity index (χ0) is 19.5. The number of nitrogens with one attached hydrogen (secondary N) is 1. The molecule has 1 N–H and O–H groups in total. The maximum Gasteiger partial charge on any atom is 0.271 e. The van der Waals surface area contributed by atoms with Gasteiger partial charge in [-0.1, -0.05) is 0 Å². The summed E-state index contributed by atoms with van der Waals surface area (Å²) in [6, 6.07) is 6.42. The van der Waals surface area contributed by atoms with E-state index in [0.717, 1.165) is 6.07 Å². The fourth-order valence-corrected chi connectivity index (χ4v) is 3.59. The Morgan fingerprint density at radius 3 is 2.08 bits per heavy atom. The van der Waals surface area contributed by atoms with Gasteiger partial charge >= 0.3 is 0 Å². The second-order valence-corrected chi connectivity index (χ2v) is 6.87. The molecule has 0 bridgehead atoms. The van der Waals surface area contributed by atoms with Gasteiger partial charge in [0.25, 0.3) is 15.7 Å². The van der Waals surface area contributed by atoms with Crippen molar-refractivity contribution in [3.8, 4) is 17.2 Å². The lowest BCUT2D eigenvalue weighted by atomic mass is 10.2. The average molecular weight is 382 g/mol. The molecule has 0 aliphatic heterocycles. The molecule has 140 valence electrons. The van der Waals surface area contributed by atoms with Crippen molar-refractivity contribution < 1.29 is 27.6 Å². The van der Waals surface area contributed by atoms with Crippen LogP contribution in [0.15, 0.2) is 35.2 Å². The molecule has 2 rings (SSSR count). The molecule has 0 amide bonds. The third-order valence-electron chi connectivity index (χ3n) is 3.62. The number of hydrogen-bond donors (Lipinski definition) is 1. The summed E-state index contributed by atoms with van der Waals surface area (Å²) in [5.41, 5.74) is 0.460. The lowest BCUT2D eigenvalue weighted by molar-refractivity contribution is -0.385. The van der Waals surface area contributed by atoms with Gasteiger partial charge in [-0.25, -0.2) is 8.42 Å². The molecule has 10 heteroatoms. The number of nitro benzene ring substituents is 1. The van der Waals surface area contributed by atoms with Gasteiger partial charge in [0.1, 0.15) is 10.6 Å². The number of methoxy groups -OCH3 is 3. The third kappa shape index (κ3) is 3.80. The van der Waals surface area contributed by atoms with E-state index in [0.29, 0.717) is 17.1 Å². The van der Waals surface area contributed by atoms with Crippen LogP contribution in [0.3, 0.4) is 0 Å². The Kier molecular flexibility index (Phi) is 5.56. The van der Waals surface area contributed by atoms with Crippen molar-refractivity contribution in [2.75, 3.05) is 26.1 Å². The molecule has 0 aromatic heterocycles. The van der Waals surface area contributed by atoms with E-state index in [-0.39, 0.29) is 22.0 Å². The molecule has 0 saturated heterocycles. The number of sulfonamides is 1. The molecule has 0 aliphatic carbocycles. The molecular formula is C16H18N2O7S. The Labute approximate surface area is 150 Å². The minimum absolute atomic E-state index is 0.0128. The number of nitro groups is 1. The normalized spacial score (nSPS) is 10.9. The van der Waals surface area contributed by atoms with Crippen LogP contribution in [0.25, 0.3) is 0 Å². The lowest BCUT2D eigenvalue weighted by Gasteiger charge is -2.15. The van der Waals surface area contributed by atoms with Crippen molar-refractivity contribution in [3.05, 3.63) is 46.0 Å². The van der Waals surface area contributed by atoms with Crippen molar-refractivity contribution in [3.63, 3.8) is 0 Å². The van der Waals surface area contributed by atoms with E-state index < -0.39 is 14.9 Å². The highest BCUT2D eigenvalue weighted by molar-refractivity contribution is 7.92. The van der Waals surface area contributed by atoms with Crippen molar-refractivity contribution in [1.82, 2.24) is 0 Å². The Morgan fingerprint density at radius 1 is 0.962 bits per heavy atom. The van der Waals surface area contributed by atoms with Gasteiger partial charge in [-0.15, -0.1) is 0 Å². The van der Waals surface area contributed by atoms with Crippen molar-refractivity contribution >= 4 is 21.4 Å². The molecule has 0 atom stereocenters. The summed E-state index contributed by atoms with van der Waals surface area (Å²) in [5, 5.41) is 11.0. The summed E-state index contributed by atoms with van der Waals surface area (Å²) < 4.78 is 43.3.